The average Bonchev–Trinajstić information content (AvgIpc) is 2.59. The lowest BCUT2D eigenvalue weighted by Gasteiger charge is -2.12. The van der Waals surface area contributed by atoms with Crippen molar-refractivity contribution in [2.45, 2.75) is 0 Å². The molecule has 130 valence electrons. The average molecular weight is 346 g/mol. The Balaban J connectivity index is 2.61. The number of esters is 1. The third-order valence-electron chi connectivity index (χ3n) is 3.78. The number of phenols is 2. The molecule has 1 heterocycles. The summed E-state index contributed by atoms with van der Waals surface area (Å²) in [5.41, 5.74) is -1.01. The van der Waals surface area contributed by atoms with Gasteiger partial charge in [0.25, 0.3) is 0 Å². The van der Waals surface area contributed by atoms with Crippen LogP contribution in [0.2, 0.25) is 0 Å². The Morgan fingerprint density at radius 2 is 1.72 bits per heavy atom. The van der Waals surface area contributed by atoms with Gasteiger partial charge < -0.3 is 28.8 Å². The summed E-state index contributed by atoms with van der Waals surface area (Å²) >= 11 is 0. The third kappa shape index (κ3) is 2.38. The van der Waals surface area contributed by atoms with Crippen LogP contribution in [0.25, 0.3) is 21.9 Å². The summed E-state index contributed by atoms with van der Waals surface area (Å²) in [6.45, 7) is 0. The summed E-state index contributed by atoms with van der Waals surface area (Å²) in [4.78, 5) is 24.9. The zero-order chi connectivity index (χ0) is 18.3. The number of hydrogen-bond donors (Lipinski definition) is 2. The minimum Gasteiger partial charge on any atom is -0.507 e. The molecule has 25 heavy (non-hydrogen) atoms. The summed E-state index contributed by atoms with van der Waals surface area (Å²) in [6.07, 6.45) is 0. The Morgan fingerprint density at radius 1 is 1.00 bits per heavy atom. The van der Waals surface area contributed by atoms with Crippen molar-refractivity contribution in [1.82, 2.24) is 0 Å². The van der Waals surface area contributed by atoms with Crippen molar-refractivity contribution >= 4 is 27.9 Å². The molecule has 0 saturated heterocycles. The molecule has 0 spiro atoms. The molecule has 2 aromatic carbocycles. The number of carbonyl (C=O) groups is 1. The molecule has 8 nitrogen and oxygen atoms in total. The summed E-state index contributed by atoms with van der Waals surface area (Å²) in [5, 5.41) is 19.9. The molecule has 0 aliphatic carbocycles. The molecule has 2 N–H and O–H groups in total. The number of fused-ring (bicyclic) bond motifs is 2. The lowest BCUT2D eigenvalue weighted by molar-refractivity contribution is 0.0602. The van der Waals surface area contributed by atoms with Gasteiger partial charge in [-0.2, -0.15) is 0 Å². The second-order valence-corrected chi connectivity index (χ2v) is 5.12. The van der Waals surface area contributed by atoms with E-state index in [4.69, 9.17) is 13.9 Å². The van der Waals surface area contributed by atoms with Gasteiger partial charge in [-0.25, -0.2) is 4.79 Å². The van der Waals surface area contributed by atoms with Crippen molar-refractivity contribution in [1.29, 1.82) is 0 Å². The second kappa shape index (κ2) is 5.90. The Labute approximate surface area is 140 Å². The minimum atomic E-state index is -0.845. The Bertz CT molecular complexity index is 1060. The van der Waals surface area contributed by atoms with Crippen LogP contribution in [0.3, 0.4) is 0 Å². The first-order valence-corrected chi connectivity index (χ1v) is 7.08. The van der Waals surface area contributed by atoms with Crippen LogP contribution in [0.15, 0.2) is 27.4 Å². The molecule has 0 aliphatic rings. The van der Waals surface area contributed by atoms with E-state index in [1.165, 1.54) is 26.4 Å². The van der Waals surface area contributed by atoms with E-state index in [2.05, 4.69) is 4.74 Å². The molecule has 0 fully saturated rings. The molecule has 3 rings (SSSR count). The van der Waals surface area contributed by atoms with Crippen LogP contribution in [0.5, 0.6) is 23.0 Å². The Hall–Kier alpha value is -3.42. The minimum absolute atomic E-state index is 0.00839. The van der Waals surface area contributed by atoms with E-state index in [-0.39, 0.29) is 44.8 Å². The second-order valence-electron chi connectivity index (χ2n) is 5.12. The van der Waals surface area contributed by atoms with Gasteiger partial charge in [0, 0.05) is 12.1 Å². The van der Waals surface area contributed by atoms with E-state index in [1.807, 2.05) is 0 Å². The van der Waals surface area contributed by atoms with Gasteiger partial charge in [-0.1, -0.05) is 0 Å². The van der Waals surface area contributed by atoms with Gasteiger partial charge >= 0.3 is 5.97 Å². The van der Waals surface area contributed by atoms with Crippen LogP contribution in [-0.2, 0) is 4.74 Å². The molecule has 0 saturated carbocycles. The predicted octanol–water partition coefficient (Wildman–Crippen LogP) is 2.16. The number of methoxy groups -OCH3 is 3. The molecule has 0 bridgehead atoms. The van der Waals surface area contributed by atoms with E-state index in [0.29, 0.717) is 0 Å². The first kappa shape index (κ1) is 16.4. The topological polar surface area (TPSA) is 115 Å². The van der Waals surface area contributed by atoms with Crippen LogP contribution >= 0.6 is 0 Å². The summed E-state index contributed by atoms with van der Waals surface area (Å²) in [5.74, 6) is -1.47. The fourth-order valence-corrected chi connectivity index (χ4v) is 2.66. The van der Waals surface area contributed by atoms with Crippen molar-refractivity contribution in [3.05, 3.63) is 34.0 Å². The van der Waals surface area contributed by atoms with Gasteiger partial charge in [0.05, 0.1) is 32.3 Å². The molecular formula is C17H14O8. The lowest BCUT2D eigenvalue weighted by atomic mass is 10.0. The fourth-order valence-electron chi connectivity index (χ4n) is 2.66. The zero-order valence-electron chi connectivity index (χ0n) is 13.6. The van der Waals surface area contributed by atoms with Gasteiger partial charge in [0.1, 0.15) is 22.5 Å². The number of benzene rings is 2. The SMILES string of the molecule is COC(=O)c1cc(O)c(OC)c2oc3cc(OC)cc(O)c3c(=O)c12. The highest BCUT2D eigenvalue weighted by Crippen LogP contribution is 2.39. The molecule has 1 aromatic heterocycles. The lowest BCUT2D eigenvalue weighted by Crippen LogP contribution is -2.11. The van der Waals surface area contributed by atoms with Crippen molar-refractivity contribution in [3.8, 4) is 23.0 Å². The molecule has 0 unspecified atom stereocenters. The van der Waals surface area contributed by atoms with Crippen molar-refractivity contribution in [2.75, 3.05) is 21.3 Å². The van der Waals surface area contributed by atoms with Crippen LogP contribution in [-0.4, -0.2) is 37.5 Å². The molecule has 0 atom stereocenters. The number of hydrogen-bond acceptors (Lipinski definition) is 8. The number of ether oxygens (including phenoxy) is 3. The van der Waals surface area contributed by atoms with Crippen molar-refractivity contribution in [3.63, 3.8) is 0 Å². The first-order chi connectivity index (χ1) is 11.9. The maximum atomic E-state index is 12.9. The number of rotatable bonds is 3. The first-order valence-electron chi connectivity index (χ1n) is 7.08. The highest BCUT2D eigenvalue weighted by atomic mass is 16.5. The normalized spacial score (nSPS) is 10.8. The standard InChI is InChI=1S/C17H14O8/c1-22-7-4-9(18)13-11(5-7)25-16-12(14(13)20)8(17(21)24-3)6-10(19)15(16)23-2/h4-6,18-19H,1-3H3. The Morgan fingerprint density at radius 3 is 2.32 bits per heavy atom. The van der Waals surface area contributed by atoms with E-state index in [1.54, 1.807) is 0 Å². The molecule has 0 amide bonds. The van der Waals surface area contributed by atoms with Gasteiger partial charge in [-0.3, -0.25) is 4.79 Å². The van der Waals surface area contributed by atoms with Gasteiger partial charge in [-0.15, -0.1) is 0 Å². The highest BCUT2D eigenvalue weighted by Gasteiger charge is 2.25. The number of phenolic OH excluding ortho intramolecular Hbond substituents is 2. The molecule has 0 aliphatic heterocycles. The van der Waals surface area contributed by atoms with E-state index >= 15 is 0 Å². The van der Waals surface area contributed by atoms with E-state index in [0.717, 1.165) is 13.2 Å². The number of carbonyl (C=O) groups excluding carboxylic acids is 1. The zero-order valence-corrected chi connectivity index (χ0v) is 13.6. The maximum Gasteiger partial charge on any atom is 0.338 e. The van der Waals surface area contributed by atoms with Gasteiger partial charge in [0.15, 0.2) is 11.3 Å². The van der Waals surface area contributed by atoms with Gasteiger partial charge in [0.2, 0.25) is 11.2 Å². The Kier molecular flexibility index (Phi) is 3.88. The number of aromatic hydroxyl groups is 2. The molecule has 3 aromatic rings. The van der Waals surface area contributed by atoms with E-state index < -0.39 is 17.1 Å². The summed E-state index contributed by atoms with van der Waals surface area (Å²) in [7, 11) is 3.81. The van der Waals surface area contributed by atoms with Crippen LogP contribution < -0.4 is 14.9 Å². The maximum absolute atomic E-state index is 12.9. The quantitative estimate of drug-likeness (QED) is 0.547. The van der Waals surface area contributed by atoms with E-state index in [9.17, 15) is 19.8 Å². The van der Waals surface area contributed by atoms with Crippen molar-refractivity contribution < 1.29 is 33.6 Å². The molecule has 0 radical (unpaired) electrons. The molecule has 8 heteroatoms. The monoisotopic (exact) mass is 346 g/mol. The third-order valence-corrected chi connectivity index (χ3v) is 3.78. The van der Waals surface area contributed by atoms with Gasteiger partial charge in [-0.05, 0) is 6.07 Å². The van der Waals surface area contributed by atoms with Crippen molar-refractivity contribution in [2.24, 2.45) is 0 Å². The molecular weight excluding hydrogens is 332 g/mol. The summed E-state index contributed by atoms with van der Waals surface area (Å²) in [6, 6.07) is 3.70. The predicted molar refractivity (Wildman–Crippen MR) is 87.8 cm³/mol. The van der Waals surface area contributed by atoms with Crippen LogP contribution in [0.1, 0.15) is 10.4 Å². The fraction of sp³-hybridized carbons (Fsp3) is 0.176. The smallest absolute Gasteiger partial charge is 0.338 e. The highest BCUT2D eigenvalue weighted by molar-refractivity contribution is 6.08. The van der Waals surface area contributed by atoms with Crippen LogP contribution in [0, 0.1) is 0 Å². The van der Waals surface area contributed by atoms with Crippen LogP contribution in [0.4, 0.5) is 0 Å². The summed E-state index contributed by atoms with van der Waals surface area (Å²) < 4.78 is 20.4. The largest absolute Gasteiger partial charge is 0.507 e.